The third-order valence-corrected chi connectivity index (χ3v) is 3.47. The largest absolute Gasteiger partial charge is 0.469 e. The van der Waals surface area contributed by atoms with E-state index in [-0.39, 0.29) is 29.9 Å². The molecule has 2 aliphatic heterocycles. The number of hydrogen-bond donors (Lipinski definition) is 0. The van der Waals surface area contributed by atoms with Gasteiger partial charge in [-0.3, -0.25) is 4.79 Å². The summed E-state index contributed by atoms with van der Waals surface area (Å²) in [6, 6.07) is -0.243. The van der Waals surface area contributed by atoms with Crippen LogP contribution in [0.15, 0.2) is 12.2 Å². The zero-order valence-electron chi connectivity index (χ0n) is 11.9. The predicted molar refractivity (Wildman–Crippen MR) is 69.5 cm³/mol. The van der Waals surface area contributed by atoms with Crippen molar-refractivity contribution < 1.29 is 19.1 Å². The van der Waals surface area contributed by atoms with Crippen molar-refractivity contribution in [2.75, 3.05) is 13.7 Å². The number of piperidine rings is 1. The van der Waals surface area contributed by atoms with E-state index >= 15 is 0 Å². The average Bonchev–Trinajstić information content (AvgIpc) is 2.36. The maximum Gasteiger partial charge on any atom is 0.410 e. The number of methoxy groups -OCH3 is 1. The summed E-state index contributed by atoms with van der Waals surface area (Å²) in [5, 5.41) is 0. The zero-order chi connectivity index (χ0) is 14.2. The Labute approximate surface area is 113 Å². The quantitative estimate of drug-likeness (QED) is 0.538. The molecule has 0 unspecified atom stereocenters. The second-order valence-corrected chi connectivity index (χ2v) is 6.13. The van der Waals surface area contributed by atoms with E-state index in [1.807, 2.05) is 26.8 Å². The molecule has 2 bridgehead atoms. The standard InChI is InChI=1S/C14H21NO4/c1-14(2,3)19-13(17)15-8-9-5-6-11(15)10(7-9)12(16)18-4/h5-6,9-11H,7-8H2,1-4H3/t9-,10-,11+/m0/s1. The van der Waals surface area contributed by atoms with Crippen molar-refractivity contribution in [2.45, 2.75) is 38.8 Å². The summed E-state index contributed by atoms with van der Waals surface area (Å²) in [4.78, 5) is 25.6. The molecule has 0 radical (unpaired) electrons. The molecular formula is C14H21NO4. The lowest BCUT2D eigenvalue weighted by Crippen LogP contribution is -2.56. The Bertz CT molecular complexity index is 410. The van der Waals surface area contributed by atoms with Crippen molar-refractivity contribution >= 4 is 12.1 Å². The van der Waals surface area contributed by atoms with Crippen LogP contribution in [0, 0.1) is 11.8 Å². The van der Waals surface area contributed by atoms with Crippen molar-refractivity contribution in [2.24, 2.45) is 11.8 Å². The molecule has 3 rings (SSSR count). The summed E-state index contributed by atoms with van der Waals surface area (Å²) >= 11 is 0. The Hall–Kier alpha value is -1.52. The average molecular weight is 267 g/mol. The lowest BCUT2D eigenvalue weighted by atomic mass is 9.78. The number of esters is 1. The van der Waals surface area contributed by atoms with E-state index < -0.39 is 5.60 Å². The van der Waals surface area contributed by atoms with Gasteiger partial charge < -0.3 is 14.4 Å². The van der Waals surface area contributed by atoms with Gasteiger partial charge in [0.25, 0.3) is 0 Å². The maximum atomic E-state index is 12.2. The van der Waals surface area contributed by atoms with Gasteiger partial charge in [-0.2, -0.15) is 0 Å². The van der Waals surface area contributed by atoms with Crippen LogP contribution in [-0.2, 0) is 14.3 Å². The van der Waals surface area contributed by atoms with Crippen molar-refractivity contribution in [3.05, 3.63) is 12.2 Å². The fourth-order valence-electron chi connectivity index (χ4n) is 2.68. The molecule has 0 saturated carbocycles. The molecule has 0 N–H and O–H groups in total. The first-order valence-electron chi connectivity index (χ1n) is 6.57. The molecule has 0 aromatic heterocycles. The number of carbonyl (C=O) groups is 2. The monoisotopic (exact) mass is 267 g/mol. The highest BCUT2D eigenvalue weighted by atomic mass is 16.6. The Kier molecular flexibility index (Phi) is 3.56. The fraction of sp³-hybridized carbons (Fsp3) is 0.714. The summed E-state index contributed by atoms with van der Waals surface area (Å²) in [5.41, 5.74) is -0.530. The second-order valence-electron chi connectivity index (χ2n) is 6.13. The molecule has 3 atom stereocenters. The number of carbonyl (C=O) groups excluding carboxylic acids is 2. The molecule has 1 aliphatic carbocycles. The number of rotatable bonds is 1. The molecule has 19 heavy (non-hydrogen) atoms. The Balaban J connectivity index is 2.13. The van der Waals surface area contributed by atoms with E-state index in [0.717, 1.165) is 6.42 Å². The molecule has 106 valence electrons. The van der Waals surface area contributed by atoms with Crippen molar-refractivity contribution in [3.63, 3.8) is 0 Å². The first kappa shape index (κ1) is 13.9. The van der Waals surface area contributed by atoms with Crippen LogP contribution in [0.3, 0.4) is 0 Å². The number of fused-ring (bicyclic) bond motifs is 2. The molecule has 0 spiro atoms. The lowest BCUT2D eigenvalue weighted by molar-refractivity contribution is -0.149. The van der Waals surface area contributed by atoms with E-state index in [2.05, 4.69) is 6.08 Å². The molecule has 0 aromatic rings. The van der Waals surface area contributed by atoms with Crippen LogP contribution in [0.1, 0.15) is 27.2 Å². The smallest absolute Gasteiger partial charge is 0.410 e. The second kappa shape index (κ2) is 4.87. The Morgan fingerprint density at radius 2 is 1.95 bits per heavy atom. The van der Waals surface area contributed by atoms with Gasteiger partial charge >= 0.3 is 12.1 Å². The molecular weight excluding hydrogens is 246 g/mol. The summed E-state index contributed by atoms with van der Waals surface area (Å²) in [6.07, 6.45) is 4.38. The van der Waals surface area contributed by atoms with E-state index in [4.69, 9.17) is 9.47 Å². The summed E-state index contributed by atoms with van der Waals surface area (Å²) in [5.74, 6) is -0.324. The molecule has 1 fully saturated rings. The van der Waals surface area contributed by atoms with Gasteiger partial charge in [0.05, 0.1) is 19.1 Å². The fourth-order valence-corrected chi connectivity index (χ4v) is 2.68. The van der Waals surface area contributed by atoms with Crippen LogP contribution >= 0.6 is 0 Å². The summed E-state index contributed by atoms with van der Waals surface area (Å²) in [7, 11) is 1.38. The molecule has 1 saturated heterocycles. The first-order valence-corrected chi connectivity index (χ1v) is 6.57. The minimum absolute atomic E-state index is 0.210. The van der Waals surface area contributed by atoms with Crippen molar-refractivity contribution in [1.29, 1.82) is 0 Å². The third-order valence-electron chi connectivity index (χ3n) is 3.47. The molecule has 5 nitrogen and oxygen atoms in total. The topological polar surface area (TPSA) is 55.8 Å². The molecule has 5 heteroatoms. The van der Waals surface area contributed by atoms with E-state index in [1.165, 1.54) is 7.11 Å². The van der Waals surface area contributed by atoms with Gasteiger partial charge in [-0.15, -0.1) is 0 Å². The van der Waals surface area contributed by atoms with Gasteiger partial charge in [-0.1, -0.05) is 12.2 Å². The summed E-state index contributed by atoms with van der Waals surface area (Å²) < 4.78 is 10.2. The van der Waals surface area contributed by atoms with Crippen LogP contribution in [-0.4, -0.2) is 42.3 Å². The van der Waals surface area contributed by atoms with Gasteiger partial charge in [0.2, 0.25) is 0 Å². The Morgan fingerprint density at radius 3 is 2.47 bits per heavy atom. The SMILES string of the molecule is COC(=O)[C@H]1C[C@@H]2C=C[C@H]1N(C(=O)OC(C)(C)C)C2. The highest BCUT2D eigenvalue weighted by Gasteiger charge is 2.44. The minimum Gasteiger partial charge on any atom is -0.469 e. The normalized spacial score (nSPS) is 29.3. The third kappa shape index (κ3) is 2.91. The number of nitrogens with zero attached hydrogens (tertiary/aromatic N) is 1. The molecule has 0 aromatic carbocycles. The van der Waals surface area contributed by atoms with Gasteiger partial charge in [0.15, 0.2) is 0 Å². The van der Waals surface area contributed by atoms with E-state index in [0.29, 0.717) is 6.54 Å². The van der Waals surface area contributed by atoms with Crippen LogP contribution < -0.4 is 0 Å². The van der Waals surface area contributed by atoms with E-state index in [1.54, 1.807) is 4.90 Å². The van der Waals surface area contributed by atoms with Crippen molar-refractivity contribution in [3.8, 4) is 0 Å². The number of ether oxygens (including phenoxy) is 2. The van der Waals surface area contributed by atoms with Crippen LogP contribution in [0.25, 0.3) is 0 Å². The minimum atomic E-state index is -0.530. The molecule has 3 aliphatic rings. The van der Waals surface area contributed by atoms with Crippen LogP contribution in [0.4, 0.5) is 4.79 Å². The lowest BCUT2D eigenvalue weighted by Gasteiger charge is -2.45. The van der Waals surface area contributed by atoms with Crippen LogP contribution in [0.2, 0.25) is 0 Å². The first-order chi connectivity index (χ1) is 8.81. The highest BCUT2D eigenvalue weighted by molar-refractivity contribution is 5.77. The Morgan fingerprint density at radius 1 is 1.26 bits per heavy atom. The van der Waals surface area contributed by atoms with Crippen LogP contribution in [0.5, 0.6) is 0 Å². The highest BCUT2D eigenvalue weighted by Crippen LogP contribution is 2.35. The number of amides is 1. The molecule has 1 amide bonds. The number of hydrogen-bond acceptors (Lipinski definition) is 4. The van der Waals surface area contributed by atoms with Gasteiger partial charge in [0, 0.05) is 6.54 Å². The van der Waals surface area contributed by atoms with Gasteiger partial charge in [-0.05, 0) is 33.1 Å². The van der Waals surface area contributed by atoms with Gasteiger partial charge in [0.1, 0.15) is 5.60 Å². The maximum absolute atomic E-state index is 12.2. The van der Waals surface area contributed by atoms with E-state index in [9.17, 15) is 9.59 Å². The van der Waals surface area contributed by atoms with Gasteiger partial charge in [-0.25, -0.2) is 4.79 Å². The van der Waals surface area contributed by atoms with Crippen molar-refractivity contribution in [1.82, 2.24) is 4.90 Å². The summed E-state index contributed by atoms with van der Waals surface area (Å²) in [6.45, 7) is 6.12. The molecule has 2 heterocycles. The zero-order valence-corrected chi connectivity index (χ0v) is 11.9. The predicted octanol–water partition coefficient (Wildman–Crippen LogP) is 1.97.